The maximum absolute atomic E-state index is 12.4. The molecule has 0 aliphatic heterocycles. The van der Waals surface area contributed by atoms with Crippen molar-refractivity contribution in [2.75, 3.05) is 5.75 Å². The van der Waals surface area contributed by atoms with Gasteiger partial charge in [-0.25, -0.2) is 13.1 Å². The number of sulfonamides is 1. The third-order valence-electron chi connectivity index (χ3n) is 2.89. The number of hydrogen-bond acceptors (Lipinski definition) is 7. The molecule has 1 amide bonds. The summed E-state index contributed by atoms with van der Waals surface area (Å²) in [7, 11) is -4.09. The van der Waals surface area contributed by atoms with Crippen LogP contribution in [0.25, 0.3) is 0 Å². The molecule has 0 saturated heterocycles. The summed E-state index contributed by atoms with van der Waals surface area (Å²) in [6.07, 6.45) is 0. The van der Waals surface area contributed by atoms with Gasteiger partial charge in [-0.05, 0) is 26.0 Å². The van der Waals surface area contributed by atoms with Gasteiger partial charge in [0.05, 0.1) is 17.4 Å². The highest BCUT2D eigenvalue weighted by Gasteiger charge is 2.27. The van der Waals surface area contributed by atoms with Gasteiger partial charge in [-0.2, -0.15) is 5.26 Å². The summed E-state index contributed by atoms with van der Waals surface area (Å²) in [5.41, 5.74) is 0.359. The van der Waals surface area contributed by atoms with Gasteiger partial charge < -0.3 is 4.52 Å². The van der Waals surface area contributed by atoms with Crippen molar-refractivity contribution in [2.45, 2.75) is 23.6 Å². The van der Waals surface area contributed by atoms with E-state index in [1.54, 1.807) is 18.2 Å². The van der Waals surface area contributed by atoms with E-state index >= 15 is 0 Å². The van der Waals surface area contributed by atoms with E-state index in [0.717, 1.165) is 11.8 Å². The molecule has 2 aromatic rings. The number of nitriles is 1. The first-order valence-electron chi connectivity index (χ1n) is 6.45. The van der Waals surface area contributed by atoms with Gasteiger partial charge in [-0.3, -0.25) is 4.79 Å². The summed E-state index contributed by atoms with van der Waals surface area (Å²) in [4.78, 5) is 12.7. The van der Waals surface area contributed by atoms with Crippen LogP contribution < -0.4 is 4.72 Å². The molecule has 0 atom stereocenters. The minimum Gasteiger partial charge on any atom is -0.360 e. The molecule has 0 fully saturated rings. The molecule has 0 saturated carbocycles. The Morgan fingerprint density at radius 2 is 2.09 bits per heavy atom. The van der Waals surface area contributed by atoms with Crippen molar-refractivity contribution in [2.24, 2.45) is 0 Å². The van der Waals surface area contributed by atoms with Crippen LogP contribution in [-0.4, -0.2) is 25.2 Å². The van der Waals surface area contributed by atoms with Gasteiger partial charge in [0.15, 0.2) is 10.7 Å². The van der Waals surface area contributed by atoms with Crippen molar-refractivity contribution in [3.8, 4) is 6.07 Å². The fourth-order valence-corrected chi connectivity index (χ4v) is 3.99. The molecule has 1 aromatic carbocycles. The lowest BCUT2D eigenvalue weighted by atomic mass is 10.2. The fraction of sp³-hybridized carbons (Fsp3) is 0.214. The van der Waals surface area contributed by atoms with E-state index in [0.29, 0.717) is 4.90 Å². The highest BCUT2D eigenvalue weighted by Crippen LogP contribution is 2.23. The fourth-order valence-electron chi connectivity index (χ4n) is 1.98. The summed E-state index contributed by atoms with van der Waals surface area (Å²) in [5, 5.41) is 12.2. The third-order valence-corrected chi connectivity index (χ3v) is 5.40. The second-order valence-electron chi connectivity index (χ2n) is 4.53. The van der Waals surface area contributed by atoms with Crippen molar-refractivity contribution in [1.29, 1.82) is 5.26 Å². The first-order chi connectivity index (χ1) is 10.9. The van der Waals surface area contributed by atoms with Crippen LogP contribution in [0.5, 0.6) is 0 Å². The summed E-state index contributed by atoms with van der Waals surface area (Å²) in [6, 6.07) is 8.44. The number of rotatable bonds is 5. The summed E-state index contributed by atoms with van der Waals surface area (Å²) < 4.78 is 31.5. The smallest absolute Gasteiger partial charge is 0.269 e. The molecule has 23 heavy (non-hydrogen) atoms. The Morgan fingerprint density at radius 3 is 2.70 bits per heavy atom. The third kappa shape index (κ3) is 3.72. The van der Waals surface area contributed by atoms with Crippen LogP contribution in [-0.2, 0) is 10.0 Å². The number of carbonyl (C=O) groups excluding carboxylic acids is 1. The predicted molar refractivity (Wildman–Crippen MR) is 83.4 cm³/mol. The van der Waals surface area contributed by atoms with E-state index in [1.165, 1.54) is 19.9 Å². The molecule has 9 heteroatoms. The lowest BCUT2D eigenvalue weighted by molar-refractivity contribution is 0.0978. The van der Waals surface area contributed by atoms with Crippen molar-refractivity contribution in [3.63, 3.8) is 0 Å². The number of hydrogen-bond donors (Lipinski definition) is 1. The van der Waals surface area contributed by atoms with E-state index in [2.05, 4.69) is 5.16 Å². The molecular formula is C14H13N3O4S2. The first-order valence-corrected chi connectivity index (χ1v) is 8.92. The van der Waals surface area contributed by atoms with Crippen LogP contribution in [0.3, 0.4) is 0 Å². The SMILES string of the molecule is Cc1noc(C)c1S(=O)(=O)NC(=O)c1ccccc1SCC#N. The van der Waals surface area contributed by atoms with Crippen molar-refractivity contribution in [3.05, 3.63) is 41.3 Å². The number of aromatic nitrogens is 1. The summed E-state index contributed by atoms with van der Waals surface area (Å²) >= 11 is 1.16. The average Bonchev–Trinajstić information content (AvgIpc) is 2.84. The Morgan fingerprint density at radius 1 is 1.39 bits per heavy atom. The quantitative estimate of drug-likeness (QED) is 0.820. The van der Waals surface area contributed by atoms with Gasteiger partial charge in [0.2, 0.25) is 0 Å². The molecule has 0 radical (unpaired) electrons. The highest BCUT2D eigenvalue weighted by atomic mass is 32.2. The zero-order valence-electron chi connectivity index (χ0n) is 12.4. The van der Waals surface area contributed by atoms with E-state index in [-0.39, 0.29) is 27.7 Å². The first kappa shape index (κ1) is 17.1. The molecular weight excluding hydrogens is 338 g/mol. The molecule has 0 aliphatic rings. The molecule has 1 aromatic heterocycles. The van der Waals surface area contributed by atoms with Crippen molar-refractivity contribution >= 4 is 27.7 Å². The number of carbonyl (C=O) groups is 1. The Kier molecular flexibility index (Phi) is 5.08. The van der Waals surface area contributed by atoms with Crippen molar-refractivity contribution < 1.29 is 17.7 Å². The minimum absolute atomic E-state index is 0.106. The minimum atomic E-state index is -4.09. The van der Waals surface area contributed by atoms with Crippen LogP contribution in [0.4, 0.5) is 0 Å². The molecule has 120 valence electrons. The monoisotopic (exact) mass is 351 g/mol. The number of nitrogens with zero attached hydrogens (tertiary/aromatic N) is 2. The molecule has 7 nitrogen and oxygen atoms in total. The lowest BCUT2D eigenvalue weighted by Crippen LogP contribution is -2.31. The predicted octanol–water partition coefficient (Wildman–Crippen LogP) is 2.03. The topological polar surface area (TPSA) is 113 Å². The Bertz CT molecular complexity index is 862. The number of aryl methyl sites for hydroxylation is 2. The van der Waals surface area contributed by atoms with Gasteiger partial charge in [0.1, 0.15) is 5.69 Å². The Labute approximate surface area is 137 Å². The number of amides is 1. The zero-order valence-corrected chi connectivity index (χ0v) is 14.0. The van der Waals surface area contributed by atoms with E-state index < -0.39 is 15.9 Å². The van der Waals surface area contributed by atoms with Crippen LogP contribution in [0, 0.1) is 25.2 Å². The standard InChI is InChI=1S/C14H13N3O4S2/c1-9-13(10(2)21-16-9)23(19,20)17-14(18)11-5-3-4-6-12(11)22-8-7-15/h3-6H,8H2,1-2H3,(H,17,18). The molecule has 2 rings (SSSR count). The highest BCUT2D eigenvalue weighted by molar-refractivity contribution is 7.99. The van der Waals surface area contributed by atoms with E-state index in [1.807, 2.05) is 10.8 Å². The second kappa shape index (κ2) is 6.85. The molecule has 1 heterocycles. The number of benzene rings is 1. The van der Waals surface area contributed by atoms with E-state index in [4.69, 9.17) is 9.78 Å². The zero-order chi connectivity index (χ0) is 17.0. The maximum atomic E-state index is 12.4. The van der Waals surface area contributed by atoms with E-state index in [9.17, 15) is 13.2 Å². The molecule has 0 unspecified atom stereocenters. The molecule has 1 N–H and O–H groups in total. The van der Waals surface area contributed by atoms with Gasteiger partial charge in [-0.15, -0.1) is 11.8 Å². The van der Waals surface area contributed by atoms with Gasteiger partial charge in [-0.1, -0.05) is 17.3 Å². The maximum Gasteiger partial charge on any atom is 0.269 e. The molecule has 0 aliphatic carbocycles. The molecule has 0 bridgehead atoms. The van der Waals surface area contributed by atoms with Gasteiger partial charge in [0, 0.05) is 4.90 Å². The van der Waals surface area contributed by atoms with Crippen LogP contribution >= 0.6 is 11.8 Å². The van der Waals surface area contributed by atoms with Gasteiger partial charge in [0.25, 0.3) is 15.9 Å². The van der Waals surface area contributed by atoms with Gasteiger partial charge >= 0.3 is 0 Å². The summed E-state index contributed by atoms with van der Waals surface area (Å²) in [5.74, 6) is -0.512. The largest absolute Gasteiger partial charge is 0.360 e. The number of nitrogens with one attached hydrogen (secondary N) is 1. The Balaban J connectivity index is 2.31. The normalized spacial score (nSPS) is 11.0. The number of thioether (sulfide) groups is 1. The van der Waals surface area contributed by atoms with Crippen LogP contribution in [0.15, 0.2) is 38.6 Å². The summed E-state index contributed by atoms with van der Waals surface area (Å²) in [6.45, 7) is 2.93. The van der Waals surface area contributed by atoms with Crippen LogP contribution in [0.2, 0.25) is 0 Å². The molecule has 0 spiro atoms. The average molecular weight is 351 g/mol. The Hall–Kier alpha value is -2.31. The van der Waals surface area contributed by atoms with Crippen molar-refractivity contribution in [1.82, 2.24) is 9.88 Å². The second-order valence-corrected chi connectivity index (χ2v) is 7.17. The lowest BCUT2D eigenvalue weighted by Gasteiger charge is -2.09. The van der Waals surface area contributed by atoms with Crippen LogP contribution in [0.1, 0.15) is 21.8 Å².